The number of nitrogens with zero attached hydrogens (tertiary/aromatic N) is 4. The van der Waals surface area contributed by atoms with Crippen LogP contribution in [0.2, 0.25) is 0 Å². The fraction of sp³-hybridized carbons (Fsp3) is 0.208. The molecule has 1 unspecified atom stereocenters. The van der Waals surface area contributed by atoms with Crippen molar-refractivity contribution in [1.82, 2.24) is 24.6 Å². The van der Waals surface area contributed by atoms with E-state index in [1.165, 1.54) is 0 Å². The Morgan fingerprint density at radius 1 is 1.13 bits per heavy atom. The van der Waals surface area contributed by atoms with Gasteiger partial charge in [0.15, 0.2) is 0 Å². The lowest BCUT2D eigenvalue weighted by atomic mass is 10.0. The summed E-state index contributed by atoms with van der Waals surface area (Å²) in [6, 6.07) is 15.1. The predicted molar refractivity (Wildman–Crippen MR) is 119 cm³/mol. The molecule has 4 rings (SSSR count). The van der Waals surface area contributed by atoms with Crippen molar-refractivity contribution >= 4 is 5.91 Å². The van der Waals surface area contributed by atoms with Crippen LogP contribution in [0.15, 0.2) is 67.1 Å². The number of aromatic nitrogens is 4. The van der Waals surface area contributed by atoms with E-state index in [2.05, 4.69) is 15.4 Å². The number of carbonyl (C=O) groups is 1. The number of nitrogens with one attached hydrogen (secondary N) is 1. The fourth-order valence-corrected chi connectivity index (χ4v) is 3.66. The minimum absolute atomic E-state index is 0.215. The first-order chi connectivity index (χ1) is 15.0. The molecule has 0 spiro atoms. The molecule has 0 aliphatic rings. The normalized spacial score (nSPS) is 11.9. The molecule has 7 heteroatoms. The Morgan fingerprint density at radius 2 is 1.94 bits per heavy atom. The molecular weight excluding hydrogens is 390 g/mol. The highest BCUT2D eigenvalue weighted by molar-refractivity contribution is 5.95. The van der Waals surface area contributed by atoms with Crippen LogP contribution in [0.1, 0.15) is 39.0 Å². The first kappa shape index (κ1) is 20.4. The fourth-order valence-electron chi connectivity index (χ4n) is 3.66. The number of amides is 1. The van der Waals surface area contributed by atoms with Gasteiger partial charge in [-0.2, -0.15) is 5.10 Å². The van der Waals surface area contributed by atoms with Crippen LogP contribution in [-0.2, 0) is 7.05 Å². The summed E-state index contributed by atoms with van der Waals surface area (Å²) in [5.41, 5.74) is 4.21. The Bertz CT molecular complexity index is 1220. The number of aryl methyl sites for hydroxylation is 2. The molecule has 2 aromatic heterocycles. The molecule has 0 bridgehead atoms. The van der Waals surface area contributed by atoms with Gasteiger partial charge in [-0.3, -0.25) is 4.79 Å². The van der Waals surface area contributed by atoms with E-state index in [4.69, 9.17) is 4.74 Å². The first-order valence-corrected chi connectivity index (χ1v) is 10.0. The van der Waals surface area contributed by atoms with Crippen LogP contribution in [0.3, 0.4) is 0 Å². The molecule has 0 fully saturated rings. The second kappa shape index (κ2) is 8.47. The highest BCUT2D eigenvalue weighted by Gasteiger charge is 2.24. The van der Waals surface area contributed by atoms with Crippen molar-refractivity contribution in [2.45, 2.75) is 19.9 Å². The molecule has 158 valence electrons. The minimum atomic E-state index is -0.441. The topological polar surface area (TPSA) is 74.0 Å². The van der Waals surface area contributed by atoms with E-state index in [1.807, 2.05) is 80.2 Å². The molecule has 4 aromatic rings. The van der Waals surface area contributed by atoms with Gasteiger partial charge in [0.2, 0.25) is 0 Å². The zero-order chi connectivity index (χ0) is 22.0. The monoisotopic (exact) mass is 415 g/mol. The molecule has 0 saturated carbocycles. The standard InChI is InChI=1S/C24H25N5O2/c1-16-8-5-6-11-21(16)29-17(2)20(15-26-29)24(30)27-22(23-25-12-13-28(23)3)18-9-7-10-19(14-18)31-4/h5-15,22H,1-4H3,(H,27,30). The Morgan fingerprint density at radius 3 is 2.65 bits per heavy atom. The van der Waals surface area contributed by atoms with Crippen LogP contribution in [0.5, 0.6) is 5.75 Å². The van der Waals surface area contributed by atoms with Crippen molar-refractivity contribution in [2.24, 2.45) is 7.05 Å². The lowest BCUT2D eigenvalue weighted by molar-refractivity contribution is 0.0940. The highest BCUT2D eigenvalue weighted by atomic mass is 16.5. The Balaban J connectivity index is 1.69. The second-order valence-electron chi connectivity index (χ2n) is 7.42. The van der Waals surface area contributed by atoms with Gasteiger partial charge < -0.3 is 14.6 Å². The summed E-state index contributed by atoms with van der Waals surface area (Å²) in [5, 5.41) is 7.60. The zero-order valence-electron chi connectivity index (χ0n) is 18.0. The summed E-state index contributed by atoms with van der Waals surface area (Å²) in [6.45, 7) is 3.92. The second-order valence-corrected chi connectivity index (χ2v) is 7.42. The maximum atomic E-state index is 13.3. The number of benzene rings is 2. The third-order valence-corrected chi connectivity index (χ3v) is 5.42. The Kier molecular flexibility index (Phi) is 5.58. The van der Waals surface area contributed by atoms with Gasteiger partial charge in [0.25, 0.3) is 5.91 Å². The maximum absolute atomic E-state index is 13.3. The van der Waals surface area contributed by atoms with E-state index in [-0.39, 0.29) is 5.91 Å². The Labute approximate surface area is 181 Å². The molecule has 1 amide bonds. The lowest BCUT2D eigenvalue weighted by Gasteiger charge is -2.20. The number of hydrogen-bond donors (Lipinski definition) is 1. The van der Waals surface area contributed by atoms with Crippen LogP contribution >= 0.6 is 0 Å². The van der Waals surface area contributed by atoms with Crippen molar-refractivity contribution in [3.05, 3.63) is 95.3 Å². The smallest absolute Gasteiger partial charge is 0.255 e. The van der Waals surface area contributed by atoms with Crippen molar-refractivity contribution in [2.75, 3.05) is 7.11 Å². The minimum Gasteiger partial charge on any atom is -0.497 e. The van der Waals surface area contributed by atoms with Crippen LogP contribution < -0.4 is 10.1 Å². The zero-order valence-corrected chi connectivity index (χ0v) is 18.0. The van der Waals surface area contributed by atoms with Crippen LogP contribution in [0.25, 0.3) is 5.69 Å². The first-order valence-electron chi connectivity index (χ1n) is 10.0. The average molecular weight is 415 g/mol. The summed E-state index contributed by atoms with van der Waals surface area (Å²) in [7, 11) is 3.53. The molecule has 1 N–H and O–H groups in total. The van der Waals surface area contributed by atoms with Gasteiger partial charge >= 0.3 is 0 Å². The molecule has 0 aliphatic heterocycles. The van der Waals surface area contributed by atoms with Crippen molar-refractivity contribution in [1.29, 1.82) is 0 Å². The maximum Gasteiger partial charge on any atom is 0.255 e. The van der Waals surface area contributed by atoms with Gasteiger partial charge in [-0.25, -0.2) is 9.67 Å². The van der Waals surface area contributed by atoms with Gasteiger partial charge in [-0.05, 0) is 43.2 Å². The van der Waals surface area contributed by atoms with Gasteiger partial charge in [-0.15, -0.1) is 0 Å². The van der Waals surface area contributed by atoms with Gasteiger partial charge in [0.05, 0.1) is 30.3 Å². The molecule has 0 radical (unpaired) electrons. The summed E-state index contributed by atoms with van der Waals surface area (Å²) in [6.07, 6.45) is 5.18. The molecule has 0 aliphatic carbocycles. The van der Waals surface area contributed by atoms with E-state index in [0.29, 0.717) is 5.56 Å². The Hall–Kier alpha value is -3.87. The van der Waals surface area contributed by atoms with Crippen LogP contribution in [-0.4, -0.2) is 32.3 Å². The number of imidazole rings is 1. The number of methoxy groups -OCH3 is 1. The average Bonchev–Trinajstić information content (AvgIpc) is 3.37. The van der Waals surface area contributed by atoms with Crippen LogP contribution in [0, 0.1) is 13.8 Å². The third-order valence-electron chi connectivity index (χ3n) is 5.42. The molecule has 2 aromatic carbocycles. The molecular formula is C24H25N5O2. The number of hydrogen-bond acceptors (Lipinski definition) is 4. The van der Waals surface area contributed by atoms with E-state index in [1.54, 1.807) is 24.2 Å². The van der Waals surface area contributed by atoms with E-state index in [9.17, 15) is 4.79 Å². The van der Waals surface area contributed by atoms with E-state index >= 15 is 0 Å². The largest absolute Gasteiger partial charge is 0.497 e. The SMILES string of the molecule is COc1cccc(C(NC(=O)c2cnn(-c3ccccc3C)c2C)c2nccn2C)c1. The molecule has 1 atom stereocenters. The lowest BCUT2D eigenvalue weighted by Crippen LogP contribution is -2.31. The van der Waals surface area contributed by atoms with Crippen molar-refractivity contribution in [3.63, 3.8) is 0 Å². The summed E-state index contributed by atoms with van der Waals surface area (Å²) in [5.74, 6) is 1.23. The molecule has 31 heavy (non-hydrogen) atoms. The summed E-state index contributed by atoms with van der Waals surface area (Å²) in [4.78, 5) is 17.8. The van der Waals surface area contributed by atoms with E-state index in [0.717, 1.165) is 34.1 Å². The summed E-state index contributed by atoms with van der Waals surface area (Å²) < 4.78 is 9.07. The van der Waals surface area contributed by atoms with E-state index < -0.39 is 6.04 Å². The predicted octanol–water partition coefficient (Wildman–Crippen LogP) is 3.75. The summed E-state index contributed by atoms with van der Waals surface area (Å²) >= 11 is 0. The van der Waals surface area contributed by atoms with Gasteiger partial charge in [0, 0.05) is 19.4 Å². The number of rotatable bonds is 6. The van der Waals surface area contributed by atoms with Crippen LogP contribution in [0.4, 0.5) is 0 Å². The van der Waals surface area contributed by atoms with Crippen molar-refractivity contribution < 1.29 is 9.53 Å². The van der Waals surface area contributed by atoms with Crippen molar-refractivity contribution in [3.8, 4) is 11.4 Å². The molecule has 2 heterocycles. The quantitative estimate of drug-likeness (QED) is 0.521. The molecule has 7 nitrogen and oxygen atoms in total. The van der Waals surface area contributed by atoms with Gasteiger partial charge in [-0.1, -0.05) is 30.3 Å². The van der Waals surface area contributed by atoms with Gasteiger partial charge in [0.1, 0.15) is 17.6 Å². The third kappa shape index (κ3) is 3.94. The molecule has 0 saturated heterocycles. The highest BCUT2D eigenvalue weighted by Crippen LogP contribution is 2.25. The number of para-hydroxylation sites is 1. The number of carbonyl (C=O) groups excluding carboxylic acids is 1. The number of ether oxygens (including phenoxy) is 1.